The second kappa shape index (κ2) is 7.87. The summed E-state index contributed by atoms with van der Waals surface area (Å²) in [4.78, 5) is 6.74. The standard InChI is InChI=1S/C23H25N3/c1-17-9-13-21(14-10-17)25-23(24)26(22-15-11-18(2)12-16-22)19(3)20-7-5-4-6-8-20/h4-16,19H,1-3H3,(H2,24,25)/t19-/m1/s1. The molecule has 26 heavy (non-hydrogen) atoms. The Morgan fingerprint density at radius 3 is 1.92 bits per heavy atom. The molecule has 3 rings (SSSR count). The predicted octanol–water partition coefficient (Wildman–Crippen LogP) is 5.52. The number of anilines is 1. The van der Waals surface area contributed by atoms with Gasteiger partial charge in [-0.1, -0.05) is 65.7 Å². The van der Waals surface area contributed by atoms with E-state index in [0.29, 0.717) is 5.96 Å². The summed E-state index contributed by atoms with van der Waals surface area (Å²) in [7, 11) is 0. The Kier molecular flexibility index (Phi) is 5.37. The number of guanidine groups is 1. The van der Waals surface area contributed by atoms with Crippen LogP contribution in [0.25, 0.3) is 0 Å². The number of benzene rings is 3. The molecule has 0 aliphatic heterocycles. The van der Waals surface area contributed by atoms with Crippen molar-refractivity contribution in [2.24, 2.45) is 10.7 Å². The zero-order chi connectivity index (χ0) is 18.5. The third-order valence-electron chi connectivity index (χ3n) is 4.51. The molecule has 2 N–H and O–H groups in total. The maximum atomic E-state index is 6.47. The van der Waals surface area contributed by atoms with Gasteiger partial charge in [0.15, 0.2) is 0 Å². The Labute approximate surface area is 155 Å². The Bertz CT molecular complexity index is 866. The maximum Gasteiger partial charge on any atom is 0.201 e. The third-order valence-corrected chi connectivity index (χ3v) is 4.51. The van der Waals surface area contributed by atoms with Gasteiger partial charge in [-0.25, -0.2) is 4.99 Å². The van der Waals surface area contributed by atoms with Crippen molar-refractivity contribution in [1.82, 2.24) is 0 Å². The third kappa shape index (κ3) is 4.12. The summed E-state index contributed by atoms with van der Waals surface area (Å²) in [5, 5.41) is 0. The number of nitrogens with zero attached hydrogens (tertiary/aromatic N) is 2. The zero-order valence-corrected chi connectivity index (χ0v) is 15.6. The zero-order valence-electron chi connectivity index (χ0n) is 15.6. The Balaban J connectivity index is 2.01. The van der Waals surface area contributed by atoms with Gasteiger partial charge in [0, 0.05) is 5.69 Å². The van der Waals surface area contributed by atoms with Crippen LogP contribution in [-0.2, 0) is 0 Å². The molecule has 3 aromatic carbocycles. The molecule has 3 heteroatoms. The van der Waals surface area contributed by atoms with Gasteiger partial charge in [0.05, 0.1) is 11.7 Å². The van der Waals surface area contributed by atoms with Crippen molar-refractivity contribution >= 4 is 17.3 Å². The van der Waals surface area contributed by atoms with Crippen LogP contribution in [0.15, 0.2) is 83.9 Å². The molecule has 0 unspecified atom stereocenters. The van der Waals surface area contributed by atoms with Crippen molar-refractivity contribution in [2.75, 3.05) is 4.90 Å². The number of nitrogens with two attached hydrogens (primary N) is 1. The summed E-state index contributed by atoms with van der Waals surface area (Å²) in [5.41, 5.74) is 12.0. The highest BCUT2D eigenvalue weighted by Crippen LogP contribution is 2.28. The highest BCUT2D eigenvalue weighted by atomic mass is 15.3. The first-order valence-corrected chi connectivity index (χ1v) is 8.86. The topological polar surface area (TPSA) is 41.6 Å². The van der Waals surface area contributed by atoms with Crippen molar-refractivity contribution in [1.29, 1.82) is 0 Å². The van der Waals surface area contributed by atoms with Crippen molar-refractivity contribution in [3.05, 3.63) is 95.6 Å². The van der Waals surface area contributed by atoms with Gasteiger partial charge < -0.3 is 10.6 Å². The highest BCUT2D eigenvalue weighted by molar-refractivity contribution is 5.97. The lowest BCUT2D eigenvalue weighted by Gasteiger charge is -2.30. The van der Waals surface area contributed by atoms with E-state index in [2.05, 4.69) is 67.1 Å². The van der Waals surface area contributed by atoms with Gasteiger partial charge in [0.2, 0.25) is 5.96 Å². The summed E-state index contributed by atoms with van der Waals surface area (Å²) in [6.45, 7) is 6.29. The molecule has 0 heterocycles. The average molecular weight is 343 g/mol. The van der Waals surface area contributed by atoms with Gasteiger partial charge in [-0.05, 0) is 50.6 Å². The fraction of sp³-hybridized carbons (Fsp3) is 0.174. The van der Waals surface area contributed by atoms with Crippen LogP contribution in [0.3, 0.4) is 0 Å². The van der Waals surface area contributed by atoms with Crippen LogP contribution in [0.1, 0.15) is 29.7 Å². The molecule has 0 amide bonds. The summed E-state index contributed by atoms with van der Waals surface area (Å²) in [6, 6.07) is 26.9. The Morgan fingerprint density at radius 2 is 1.35 bits per heavy atom. The number of rotatable bonds is 4. The Hall–Kier alpha value is -3.07. The van der Waals surface area contributed by atoms with Crippen LogP contribution in [0, 0.1) is 13.8 Å². The predicted molar refractivity (Wildman–Crippen MR) is 111 cm³/mol. The van der Waals surface area contributed by atoms with Crippen LogP contribution in [0.5, 0.6) is 0 Å². The average Bonchev–Trinajstić information content (AvgIpc) is 2.66. The lowest BCUT2D eigenvalue weighted by molar-refractivity contribution is 0.787. The van der Waals surface area contributed by atoms with E-state index in [1.165, 1.54) is 16.7 Å². The molecule has 0 saturated heterocycles. The van der Waals surface area contributed by atoms with Crippen LogP contribution in [0.2, 0.25) is 0 Å². The molecule has 0 bridgehead atoms. The molecule has 3 aromatic rings. The second-order valence-electron chi connectivity index (χ2n) is 6.60. The van der Waals surface area contributed by atoms with E-state index >= 15 is 0 Å². The first-order valence-electron chi connectivity index (χ1n) is 8.86. The second-order valence-corrected chi connectivity index (χ2v) is 6.60. The molecule has 1 atom stereocenters. The lowest BCUT2D eigenvalue weighted by Crippen LogP contribution is -2.39. The van der Waals surface area contributed by atoms with Crippen molar-refractivity contribution in [3.63, 3.8) is 0 Å². The minimum atomic E-state index is 0.0631. The van der Waals surface area contributed by atoms with Crippen molar-refractivity contribution < 1.29 is 0 Å². The molecule has 0 aliphatic carbocycles. The fourth-order valence-electron chi connectivity index (χ4n) is 2.95. The van der Waals surface area contributed by atoms with E-state index < -0.39 is 0 Å². The van der Waals surface area contributed by atoms with E-state index in [9.17, 15) is 0 Å². The number of hydrogen-bond acceptors (Lipinski definition) is 1. The molecule has 0 fully saturated rings. The highest BCUT2D eigenvalue weighted by Gasteiger charge is 2.20. The first kappa shape index (κ1) is 17.7. The Morgan fingerprint density at radius 1 is 0.808 bits per heavy atom. The summed E-state index contributed by atoms with van der Waals surface area (Å²) >= 11 is 0. The molecular formula is C23H25N3. The van der Waals surface area contributed by atoms with Gasteiger partial charge in [-0.3, -0.25) is 0 Å². The van der Waals surface area contributed by atoms with Gasteiger partial charge >= 0.3 is 0 Å². The van der Waals surface area contributed by atoms with Crippen LogP contribution < -0.4 is 10.6 Å². The van der Waals surface area contributed by atoms with Gasteiger partial charge in [-0.15, -0.1) is 0 Å². The van der Waals surface area contributed by atoms with E-state index in [4.69, 9.17) is 5.73 Å². The smallest absolute Gasteiger partial charge is 0.201 e. The van der Waals surface area contributed by atoms with Crippen LogP contribution >= 0.6 is 0 Å². The molecule has 0 radical (unpaired) electrons. The molecule has 0 aliphatic rings. The molecular weight excluding hydrogens is 318 g/mol. The minimum Gasteiger partial charge on any atom is -0.369 e. The quantitative estimate of drug-likeness (QED) is 0.501. The fourth-order valence-corrected chi connectivity index (χ4v) is 2.95. The van der Waals surface area contributed by atoms with E-state index in [-0.39, 0.29) is 6.04 Å². The molecule has 0 aromatic heterocycles. The van der Waals surface area contributed by atoms with Crippen LogP contribution in [-0.4, -0.2) is 5.96 Å². The maximum absolute atomic E-state index is 6.47. The minimum absolute atomic E-state index is 0.0631. The normalized spacial score (nSPS) is 12.7. The van der Waals surface area contributed by atoms with Gasteiger partial charge in [0.1, 0.15) is 0 Å². The van der Waals surface area contributed by atoms with E-state index in [0.717, 1.165) is 11.4 Å². The number of aryl methyl sites for hydroxylation is 2. The molecule has 3 nitrogen and oxygen atoms in total. The molecule has 0 saturated carbocycles. The monoisotopic (exact) mass is 343 g/mol. The van der Waals surface area contributed by atoms with E-state index in [1.807, 2.05) is 42.5 Å². The summed E-state index contributed by atoms with van der Waals surface area (Å²) in [6.07, 6.45) is 0. The lowest BCUT2D eigenvalue weighted by atomic mass is 10.1. The van der Waals surface area contributed by atoms with Gasteiger partial charge in [0.25, 0.3) is 0 Å². The van der Waals surface area contributed by atoms with Crippen LogP contribution in [0.4, 0.5) is 11.4 Å². The first-order chi connectivity index (χ1) is 12.5. The SMILES string of the molecule is Cc1ccc(N=C(N)N(c2ccc(C)cc2)[C@H](C)c2ccccc2)cc1. The summed E-state index contributed by atoms with van der Waals surface area (Å²) in [5.74, 6) is 0.481. The number of hydrogen-bond donors (Lipinski definition) is 1. The molecule has 0 spiro atoms. The van der Waals surface area contributed by atoms with Crippen molar-refractivity contribution in [3.8, 4) is 0 Å². The van der Waals surface area contributed by atoms with E-state index in [1.54, 1.807) is 0 Å². The molecule has 132 valence electrons. The van der Waals surface area contributed by atoms with Gasteiger partial charge in [-0.2, -0.15) is 0 Å². The largest absolute Gasteiger partial charge is 0.369 e. The van der Waals surface area contributed by atoms with Crippen molar-refractivity contribution in [2.45, 2.75) is 26.8 Å². The number of aliphatic imine (C=N–C) groups is 1. The summed E-state index contributed by atoms with van der Waals surface area (Å²) < 4.78 is 0.